The maximum Gasteiger partial charge on any atom is 0.277 e. The normalized spacial score (nSPS) is 11.0. The van der Waals surface area contributed by atoms with Gasteiger partial charge in [0, 0.05) is 5.75 Å². The largest absolute Gasteiger partial charge is 0.484 e. The predicted molar refractivity (Wildman–Crippen MR) is 96.0 cm³/mol. The first-order valence-corrected chi connectivity index (χ1v) is 8.64. The van der Waals surface area contributed by atoms with Crippen LogP contribution in [-0.4, -0.2) is 16.0 Å². The number of ether oxygens (including phenoxy) is 1. The van der Waals surface area contributed by atoms with Crippen LogP contribution in [0, 0.1) is 6.92 Å². The molecular formula is C19H18N2O2S. The Morgan fingerprint density at radius 2 is 1.96 bits per heavy atom. The third kappa shape index (κ3) is 4.99. The molecule has 0 saturated heterocycles. The number of hydrogen-bond donors (Lipinski definition) is 0. The molecule has 0 fully saturated rings. The van der Waals surface area contributed by atoms with Crippen molar-refractivity contribution in [3.63, 3.8) is 0 Å². The summed E-state index contributed by atoms with van der Waals surface area (Å²) in [5.41, 5.74) is 2.33. The van der Waals surface area contributed by atoms with Gasteiger partial charge in [0.25, 0.3) is 11.1 Å². The van der Waals surface area contributed by atoms with Crippen LogP contribution in [0.2, 0.25) is 0 Å². The molecule has 0 spiro atoms. The Morgan fingerprint density at radius 3 is 2.79 bits per heavy atom. The van der Waals surface area contributed by atoms with Crippen LogP contribution in [-0.2, 0) is 6.61 Å². The van der Waals surface area contributed by atoms with E-state index in [0.29, 0.717) is 11.1 Å². The fourth-order valence-electron chi connectivity index (χ4n) is 2.07. The second-order valence-corrected chi connectivity index (χ2v) is 6.16. The Balaban J connectivity index is 1.46. The van der Waals surface area contributed by atoms with Crippen molar-refractivity contribution in [3.05, 3.63) is 77.7 Å². The highest BCUT2D eigenvalue weighted by atomic mass is 32.2. The quantitative estimate of drug-likeness (QED) is 0.581. The molecule has 3 aromatic rings. The SMILES string of the molecule is Cc1cccc(OCc2nnc(SCC=Cc3ccccc3)o2)c1. The van der Waals surface area contributed by atoms with Crippen LogP contribution < -0.4 is 4.74 Å². The molecule has 0 aliphatic heterocycles. The van der Waals surface area contributed by atoms with Gasteiger partial charge in [-0.3, -0.25) is 0 Å². The average molecular weight is 338 g/mol. The van der Waals surface area contributed by atoms with E-state index in [-0.39, 0.29) is 6.61 Å². The minimum Gasteiger partial charge on any atom is -0.484 e. The second-order valence-electron chi connectivity index (χ2n) is 5.19. The van der Waals surface area contributed by atoms with Crippen LogP contribution in [0.5, 0.6) is 5.75 Å². The zero-order chi connectivity index (χ0) is 16.6. The second kappa shape index (κ2) is 8.36. The number of nitrogens with zero attached hydrogens (tertiary/aromatic N) is 2. The Labute approximate surface area is 145 Å². The number of thioether (sulfide) groups is 1. The van der Waals surface area contributed by atoms with Gasteiger partial charge in [-0.1, -0.05) is 66.4 Å². The summed E-state index contributed by atoms with van der Waals surface area (Å²) in [4.78, 5) is 0. The van der Waals surface area contributed by atoms with E-state index in [0.717, 1.165) is 17.1 Å². The van der Waals surface area contributed by atoms with Gasteiger partial charge >= 0.3 is 0 Å². The maximum atomic E-state index is 5.65. The van der Waals surface area contributed by atoms with Crippen LogP contribution >= 0.6 is 11.8 Å². The van der Waals surface area contributed by atoms with Crippen LogP contribution in [0.1, 0.15) is 17.0 Å². The van der Waals surface area contributed by atoms with Crippen molar-refractivity contribution < 1.29 is 9.15 Å². The lowest BCUT2D eigenvalue weighted by molar-refractivity contribution is 0.252. The van der Waals surface area contributed by atoms with E-state index in [2.05, 4.69) is 34.5 Å². The summed E-state index contributed by atoms with van der Waals surface area (Å²) in [5.74, 6) is 2.05. The first-order valence-electron chi connectivity index (χ1n) is 7.66. The molecule has 0 aliphatic rings. The lowest BCUT2D eigenvalue weighted by Crippen LogP contribution is -1.95. The summed E-state index contributed by atoms with van der Waals surface area (Å²) in [6, 6.07) is 18.0. The first kappa shape index (κ1) is 16.3. The molecule has 122 valence electrons. The Bertz CT molecular complexity index is 800. The molecule has 0 amide bonds. The van der Waals surface area contributed by atoms with Gasteiger partial charge in [-0.05, 0) is 30.2 Å². The lowest BCUT2D eigenvalue weighted by atomic mass is 10.2. The van der Waals surface area contributed by atoms with E-state index >= 15 is 0 Å². The molecular weight excluding hydrogens is 320 g/mol. The third-order valence-corrected chi connectivity index (χ3v) is 3.98. The standard InChI is InChI=1S/C19H18N2O2S/c1-15-7-5-11-17(13-15)22-14-18-20-21-19(23-18)24-12-6-10-16-8-3-2-4-9-16/h2-11,13H,12,14H2,1H3. The van der Waals surface area contributed by atoms with Crippen molar-refractivity contribution in [2.75, 3.05) is 5.75 Å². The van der Waals surface area contributed by atoms with Gasteiger partial charge in [-0.25, -0.2) is 0 Å². The molecule has 1 aromatic heterocycles. The average Bonchev–Trinajstić information content (AvgIpc) is 3.06. The molecule has 4 nitrogen and oxygen atoms in total. The van der Waals surface area contributed by atoms with E-state index in [4.69, 9.17) is 9.15 Å². The lowest BCUT2D eigenvalue weighted by Gasteiger charge is -2.03. The first-order chi connectivity index (χ1) is 11.8. The molecule has 0 radical (unpaired) electrons. The number of hydrogen-bond acceptors (Lipinski definition) is 5. The Hall–Kier alpha value is -2.53. The van der Waals surface area contributed by atoms with Gasteiger partial charge in [0.05, 0.1) is 0 Å². The molecule has 0 bridgehead atoms. The summed E-state index contributed by atoms with van der Waals surface area (Å²) in [6.45, 7) is 2.30. The smallest absolute Gasteiger partial charge is 0.277 e. The van der Waals surface area contributed by atoms with E-state index in [1.165, 1.54) is 17.3 Å². The topological polar surface area (TPSA) is 48.2 Å². The van der Waals surface area contributed by atoms with Crippen molar-refractivity contribution in [3.8, 4) is 5.75 Å². The summed E-state index contributed by atoms with van der Waals surface area (Å²) in [6.07, 6.45) is 4.15. The van der Waals surface area contributed by atoms with E-state index in [1.807, 2.05) is 49.4 Å². The van der Waals surface area contributed by atoms with Crippen LogP contribution in [0.25, 0.3) is 6.08 Å². The zero-order valence-corrected chi connectivity index (χ0v) is 14.2. The third-order valence-electron chi connectivity index (χ3n) is 3.21. The highest BCUT2D eigenvalue weighted by Gasteiger charge is 2.06. The number of aryl methyl sites for hydroxylation is 1. The van der Waals surface area contributed by atoms with Crippen molar-refractivity contribution >= 4 is 17.8 Å². The summed E-state index contributed by atoms with van der Waals surface area (Å²) >= 11 is 1.50. The van der Waals surface area contributed by atoms with Crippen LogP contribution in [0.4, 0.5) is 0 Å². The van der Waals surface area contributed by atoms with Crippen LogP contribution in [0.3, 0.4) is 0 Å². The summed E-state index contributed by atoms with van der Waals surface area (Å²) in [5, 5.41) is 8.58. The number of rotatable bonds is 7. The minimum atomic E-state index is 0.275. The van der Waals surface area contributed by atoms with E-state index in [1.54, 1.807) is 0 Å². The molecule has 0 aliphatic carbocycles. The molecule has 0 N–H and O–H groups in total. The molecule has 3 rings (SSSR count). The van der Waals surface area contributed by atoms with Gasteiger partial charge in [0.15, 0.2) is 6.61 Å². The number of benzene rings is 2. The molecule has 5 heteroatoms. The molecule has 0 unspecified atom stereocenters. The Kier molecular flexibility index (Phi) is 5.69. The fourth-order valence-corrected chi connectivity index (χ4v) is 2.66. The van der Waals surface area contributed by atoms with Gasteiger partial charge in [0.1, 0.15) is 5.75 Å². The molecule has 0 saturated carbocycles. The molecule has 1 heterocycles. The number of aromatic nitrogens is 2. The summed E-state index contributed by atoms with van der Waals surface area (Å²) < 4.78 is 11.2. The van der Waals surface area contributed by atoms with Gasteiger partial charge in [0.2, 0.25) is 0 Å². The minimum absolute atomic E-state index is 0.275. The van der Waals surface area contributed by atoms with Crippen molar-refractivity contribution in [1.29, 1.82) is 0 Å². The molecule has 24 heavy (non-hydrogen) atoms. The molecule has 2 aromatic carbocycles. The highest BCUT2D eigenvalue weighted by Crippen LogP contribution is 2.18. The molecule has 0 atom stereocenters. The predicted octanol–water partition coefficient (Wildman–Crippen LogP) is 4.76. The van der Waals surface area contributed by atoms with Crippen molar-refractivity contribution in [1.82, 2.24) is 10.2 Å². The van der Waals surface area contributed by atoms with Gasteiger partial charge in [-0.2, -0.15) is 0 Å². The fraction of sp³-hybridized carbons (Fsp3) is 0.158. The Morgan fingerprint density at radius 1 is 1.08 bits per heavy atom. The van der Waals surface area contributed by atoms with Gasteiger partial charge < -0.3 is 9.15 Å². The van der Waals surface area contributed by atoms with Crippen molar-refractivity contribution in [2.24, 2.45) is 0 Å². The summed E-state index contributed by atoms with van der Waals surface area (Å²) in [7, 11) is 0. The highest BCUT2D eigenvalue weighted by molar-refractivity contribution is 7.99. The van der Waals surface area contributed by atoms with Crippen molar-refractivity contribution in [2.45, 2.75) is 18.8 Å². The van der Waals surface area contributed by atoms with E-state index in [9.17, 15) is 0 Å². The van der Waals surface area contributed by atoms with Gasteiger partial charge in [-0.15, -0.1) is 10.2 Å². The van der Waals surface area contributed by atoms with Crippen LogP contribution in [0.15, 0.2) is 70.3 Å². The maximum absolute atomic E-state index is 5.65. The van der Waals surface area contributed by atoms with E-state index < -0.39 is 0 Å². The zero-order valence-electron chi connectivity index (χ0n) is 13.4. The monoisotopic (exact) mass is 338 g/mol.